The van der Waals surface area contributed by atoms with Crippen LogP contribution >= 0.6 is 11.3 Å². The molecule has 1 aromatic rings. The molecule has 108 valence electrons. The van der Waals surface area contributed by atoms with Gasteiger partial charge >= 0.3 is 0 Å². The number of ketones is 1. The molecule has 0 bridgehead atoms. The van der Waals surface area contributed by atoms with Crippen LogP contribution in [0.25, 0.3) is 0 Å². The largest absolute Gasteiger partial charge is 0.396 e. The first-order valence-electron chi connectivity index (χ1n) is 6.66. The number of nitrogens with two attached hydrogens (primary N) is 1. The van der Waals surface area contributed by atoms with E-state index < -0.39 is 0 Å². The Labute approximate surface area is 122 Å². The Kier molecular flexibility index (Phi) is 4.63. The first kappa shape index (κ1) is 14.8. The lowest BCUT2D eigenvalue weighted by Crippen LogP contribution is -2.29. The Hall–Kier alpha value is -1.58. The molecular weight excluding hydrogens is 274 g/mol. The number of thiophene rings is 1. The molecule has 0 amide bonds. The van der Waals surface area contributed by atoms with E-state index in [1.165, 1.54) is 18.3 Å². The Bertz CT molecular complexity index is 541. The zero-order valence-corrected chi connectivity index (χ0v) is 12.6. The van der Waals surface area contributed by atoms with Gasteiger partial charge in [-0.3, -0.25) is 4.79 Å². The van der Waals surface area contributed by atoms with E-state index in [9.17, 15) is 10.1 Å². The van der Waals surface area contributed by atoms with Gasteiger partial charge in [-0.25, -0.2) is 0 Å². The van der Waals surface area contributed by atoms with Crippen molar-refractivity contribution in [3.8, 4) is 6.07 Å². The van der Waals surface area contributed by atoms with Crippen molar-refractivity contribution >= 4 is 27.8 Å². The molecule has 1 aromatic heterocycles. The molecule has 2 N–H and O–H groups in total. The quantitative estimate of drug-likeness (QED) is 0.861. The van der Waals surface area contributed by atoms with Gasteiger partial charge in [0.1, 0.15) is 16.6 Å². The third-order valence-electron chi connectivity index (χ3n) is 3.58. The highest BCUT2D eigenvalue weighted by atomic mass is 32.1. The Balaban J connectivity index is 2.20. The van der Waals surface area contributed by atoms with Gasteiger partial charge in [0.15, 0.2) is 5.78 Å². The number of Topliss-reactive ketones (excluding diaryl/α,β-unsaturated/α-hetero) is 1. The minimum atomic E-state index is -0.0882. The molecule has 2 heterocycles. The van der Waals surface area contributed by atoms with Crippen molar-refractivity contribution in [1.82, 2.24) is 0 Å². The molecule has 0 aliphatic carbocycles. The number of hydrogen-bond donors (Lipinski definition) is 1. The molecule has 6 heteroatoms. The molecule has 1 aliphatic heterocycles. The van der Waals surface area contributed by atoms with Gasteiger partial charge in [0.2, 0.25) is 0 Å². The lowest BCUT2D eigenvalue weighted by Gasteiger charge is -2.27. The molecule has 0 spiro atoms. The summed E-state index contributed by atoms with van der Waals surface area (Å²) in [5.74, 6) is 0.471. The number of nitriles is 1. The van der Waals surface area contributed by atoms with Crippen LogP contribution in [-0.2, 0) is 4.74 Å². The predicted molar refractivity (Wildman–Crippen MR) is 80.3 cm³/mol. The molecule has 20 heavy (non-hydrogen) atoms. The fourth-order valence-electron chi connectivity index (χ4n) is 2.47. The van der Waals surface area contributed by atoms with Gasteiger partial charge in [-0.1, -0.05) is 0 Å². The predicted octanol–water partition coefficient (Wildman–Crippen LogP) is 2.27. The van der Waals surface area contributed by atoms with Crippen LogP contribution < -0.4 is 10.6 Å². The third-order valence-corrected chi connectivity index (χ3v) is 5.00. The monoisotopic (exact) mass is 293 g/mol. The smallest absolute Gasteiger partial charge is 0.171 e. The van der Waals surface area contributed by atoms with Crippen molar-refractivity contribution in [2.75, 3.05) is 37.4 Å². The van der Waals surface area contributed by atoms with Crippen molar-refractivity contribution in [2.24, 2.45) is 5.92 Å². The van der Waals surface area contributed by atoms with E-state index in [0.717, 1.165) is 37.6 Å². The third kappa shape index (κ3) is 2.94. The summed E-state index contributed by atoms with van der Waals surface area (Å²) in [6, 6.07) is 2.12. The molecule has 1 aliphatic rings. The number of carbonyl (C=O) groups is 1. The number of rotatable bonds is 4. The van der Waals surface area contributed by atoms with E-state index in [1.54, 1.807) is 0 Å². The lowest BCUT2D eigenvalue weighted by molar-refractivity contribution is 0.0685. The second-order valence-electron chi connectivity index (χ2n) is 5.13. The van der Waals surface area contributed by atoms with Crippen LogP contribution in [0.2, 0.25) is 0 Å². The summed E-state index contributed by atoms with van der Waals surface area (Å²) < 4.78 is 5.35. The standard InChI is InChI=1S/C14H19N3O2S/c1-9(18)13-12(16)11(7-15)14(20-13)17(2)8-10-3-5-19-6-4-10/h10H,3-6,8,16H2,1-2H3. The summed E-state index contributed by atoms with van der Waals surface area (Å²) in [5.41, 5.74) is 6.65. The lowest BCUT2D eigenvalue weighted by atomic mass is 10.00. The number of ether oxygens (including phenoxy) is 1. The summed E-state index contributed by atoms with van der Waals surface area (Å²) in [6.07, 6.45) is 2.07. The minimum Gasteiger partial charge on any atom is -0.396 e. The molecule has 5 nitrogen and oxygen atoms in total. The van der Waals surface area contributed by atoms with E-state index in [2.05, 4.69) is 6.07 Å². The maximum atomic E-state index is 11.5. The highest BCUT2D eigenvalue weighted by Gasteiger charge is 2.23. The summed E-state index contributed by atoms with van der Waals surface area (Å²) in [7, 11) is 1.95. The molecule has 1 saturated heterocycles. The molecular formula is C14H19N3O2S. The van der Waals surface area contributed by atoms with E-state index in [0.29, 0.717) is 22.0 Å². The molecule has 0 aromatic carbocycles. The summed E-state index contributed by atoms with van der Waals surface area (Å²) in [5, 5.41) is 10.1. The second-order valence-corrected chi connectivity index (χ2v) is 6.13. The Morgan fingerprint density at radius 2 is 2.20 bits per heavy atom. The first-order chi connectivity index (χ1) is 9.54. The summed E-state index contributed by atoms with van der Waals surface area (Å²) in [4.78, 5) is 14.1. The van der Waals surface area contributed by atoms with Crippen LogP contribution in [0, 0.1) is 17.2 Å². The highest BCUT2D eigenvalue weighted by Crippen LogP contribution is 2.38. The van der Waals surface area contributed by atoms with Gasteiger partial charge < -0.3 is 15.4 Å². The maximum absolute atomic E-state index is 11.5. The minimum absolute atomic E-state index is 0.0882. The van der Waals surface area contributed by atoms with Gasteiger partial charge in [0.25, 0.3) is 0 Å². The molecule has 0 radical (unpaired) electrons. The second kappa shape index (κ2) is 6.25. The average Bonchev–Trinajstić information content (AvgIpc) is 2.77. The summed E-state index contributed by atoms with van der Waals surface area (Å²) >= 11 is 1.31. The molecule has 0 atom stereocenters. The Morgan fingerprint density at radius 3 is 2.75 bits per heavy atom. The highest BCUT2D eigenvalue weighted by molar-refractivity contribution is 7.19. The van der Waals surface area contributed by atoms with Crippen LogP contribution in [0.5, 0.6) is 0 Å². The molecule has 2 rings (SSSR count). The molecule has 0 saturated carbocycles. The normalized spacial score (nSPS) is 15.8. The van der Waals surface area contributed by atoms with Crippen molar-refractivity contribution in [2.45, 2.75) is 19.8 Å². The first-order valence-corrected chi connectivity index (χ1v) is 7.48. The van der Waals surface area contributed by atoms with Crippen molar-refractivity contribution in [3.05, 3.63) is 10.4 Å². The van der Waals surface area contributed by atoms with Gasteiger partial charge in [-0.15, -0.1) is 11.3 Å². The van der Waals surface area contributed by atoms with Crippen molar-refractivity contribution in [1.29, 1.82) is 5.26 Å². The number of nitrogens with zero attached hydrogens (tertiary/aromatic N) is 2. The van der Waals surface area contributed by atoms with Gasteiger partial charge in [-0.2, -0.15) is 5.26 Å². The fourth-order valence-corrected chi connectivity index (χ4v) is 3.51. The van der Waals surface area contributed by atoms with Gasteiger partial charge in [0, 0.05) is 33.7 Å². The van der Waals surface area contributed by atoms with E-state index in [1.807, 2.05) is 11.9 Å². The van der Waals surface area contributed by atoms with Crippen LogP contribution in [0.1, 0.15) is 35.0 Å². The van der Waals surface area contributed by atoms with E-state index in [-0.39, 0.29) is 5.78 Å². The van der Waals surface area contributed by atoms with Crippen molar-refractivity contribution < 1.29 is 9.53 Å². The van der Waals surface area contributed by atoms with Gasteiger partial charge in [-0.05, 0) is 18.8 Å². The molecule has 1 fully saturated rings. The SMILES string of the molecule is CC(=O)c1sc(N(C)CC2CCOCC2)c(C#N)c1N. The van der Waals surface area contributed by atoms with Crippen LogP contribution in [0.3, 0.4) is 0 Å². The van der Waals surface area contributed by atoms with Crippen LogP contribution in [0.4, 0.5) is 10.7 Å². The Morgan fingerprint density at radius 1 is 1.55 bits per heavy atom. The zero-order valence-electron chi connectivity index (χ0n) is 11.8. The maximum Gasteiger partial charge on any atom is 0.171 e. The van der Waals surface area contributed by atoms with E-state index >= 15 is 0 Å². The van der Waals surface area contributed by atoms with Crippen molar-refractivity contribution in [3.63, 3.8) is 0 Å². The van der Waals surface area contributed by atoms with Crippen LogP contribution in [-0.4, -0.2) is 32.6 Å². The van der Waals surface area contributed by atoms with Gasteiger partial charge in [0.05, 0.1) is 10.6 Å². The topological polar surface area (TPSA) is 79.3 Å². The molecule has 0 unspecified atom stereocenters. The zero-order chi connectivity index (χ0) is 14.7. The number of anilines is 2. The summed E-state index contributed by atoms with van der Waals surface area (Å²) in [6.45, 7) is 3.94. The number of carbonyl (C=O) groups excluding carboxylic acids is 1. The van der Waals surface area contributed by atoms with E-state index in [4.69, 9.17) is 10.5 Å². The number of hydrogen-bond acceptors (Lipinski definition) is 6. The number of nitrogen functional groups attached to an aromatic ring is 1. The van der Waals surface area contributed by atoms with Crippen LogP contribution in [0.15, 0.2) is 0 Å². The fraction of sp³-hybridized carbons (Fsp3) is 0.571. The average molecular weight is 293 g/mol.